The molecule has 0 N–H and O–H groups in total. The second-order valence-corrected chi connectivity index (χ2v) is 8.18. The fourth-order valence-electron chi connectivity index (χ4n) is 3.51. The Morgan fingerprint density at radius 3 is 2.47 bits per heavy atom. The van der Waals surface area contributed by atoms with Crippen molar-refractivity contribution in [1.82, 2.24) is 4.57 Å². The number of fused-ring (bicyclic) bond motifs is 1. The molecule has 5 rings (SSSR count). The van der Waals surface area contributed by atoms with E-state index < -0.39 is 11.7 Å². The predicted octanol–water partition coefficient (Wildman–Crippen LogP) is 6.96. The third-order valence-electron chi connectivity index (χ3n) is 5.11. The molecule has 176 valence electrons. The van der Waals surface area contributed by atoms with E-state index in [-0.39, 0.29) is 35.3 Å². The second-order valence-electron chi connectivity index (χ2n) is 7.34. The summed E-state index contributed by atoms with van der Waals surface area (Å²) < 4.78 is 65.6. The van der Waals surface area contributed by atoms with E-state index in [1.165, 1.54) is 35.6 Å². The number of benzene rings is 3. The van der Waals surface area contributed by atoms with Crippen molar-refractivity contribution in [3.05, 3.63) is 93.9 Å². The van der Waals surface area contributed by atoms with E-state index in [1.807, 2.05) is 28.1 Å². The lowest BCUT2D eigenvalue weighted by atomic mass is 10.1. The molecule has 0 bridgehead atoms. The molecule has 0 amide bonds. The molecule has 0 saturated carbocycles. The van der Waals surface area contributed by atoms with Crippen molar-refractivity contribution in [3.8, 4) is 22.8 Å². The van der Waals surface area contributed by atoms with Crippen molar-refractivity contribution in [2.24, 2.45) is 4.99 Å². The molecule has 0 unspecified atom stereocenters. The molecule has 0 aliphatic carbocycles. The number of nitrogens with zero attached hydrogens (tertiary/aromatic N) is 2. The Balaban J connectivity index is 0.00000274. The van der Waals surface area contributed by atoms with Crippen LogP contribution in [-0.4, -0.2) is 11.4 Å². The Kier molecular flexibility index (Phi) is 6.81. The van der Waals surface area contributed by atoms with Crippen LogP contribution < -0.4 is 14.3 Å². The topological polar surface area (TPSA) is 35.8 Å². The van der Waals surface area contributed by atoms with Crippen molar-refractivity contribution >= 4 is 34.0 Å². The monoisotopic (exact) mass is 552 g/mol. The van der Waals surface area contributed by atoms with Gasteiger partial charge in [0.05, 0.1) is 23.5 Å². The molecule has 1 aliphatic rings. The van der Waals surface area contributed by atoms with Gasteiger partial charge in [-0.25, -0.2) is 9.38 Å². The highest BCUT2D eigenvalue weighted by Crippen LogP contribution is 2.34. The third-order valence-corrected chi connectivity index (χ3v) is 5.98. The van der Waals surface area contributed by atoms with Gasteiger partial charge in [0.15, 0.2) is 16.3 Å². The van der Waals surface area contributed by atoms with E-state index in [4.69, 9.17) is 9.47 Å². The van der Waals surface area contributed by atoms with Gasteiger partial charge in [-0.15, -0.1) is 28.3 Å². The van der Waals surface area contributed by atoms with E-state index in [9.17, 15) is 17.6 Å². The molecule has 4 nitrogen and oxygen atoms in total. The number of aromatic nitrogens is 1. The Hall–Kier alpha value is -3.11. The highest BCUT2D eigenvalue weighted by Gasteiger charge is 2.30. The number of alkyl halides is 3. The van der Waals surface area contributed by atoms with Gasteiger partial charge in [-0.1, -0.05) is 12.1 Å². The SMILES string of the molecule is Br.Fc1ccc(-c2csc(=Nc3cccc(C(F)(F)F)c3)n2Cc2ccc3c(c2)OCO3)cc1. The van der Waals surface area contributed by atoms with Crippen molar-refractivity contribution in [3.63, 3.8) is 0 Å². The molecule has 10 heteroatoms. The maximum absolute atomic E-state index is 13.5. The lowest BCUT2D eigenvalue weighted by molar-refractivity contribution is -0.137. The smallest absolute Gasteiger partial charge is 0.416 e. The average molecular weight is 553 g/mol. The maximum atomic E-state index is 13.5. The fraction of sp³-hybridized carbons (Fsp3) is 0.125. The van der Waals surface area contributed by atoms with Gasteiger partial charge < -0.3 is 14.0 Å². The number of halogens is 5. The Labute approximate surface area is 206 Å². The minimum atomic E-state index is -4.46. The van der Waals surface area contributed by atoms with Crippen molar-refractivity contribution in [2.45, 2.75) is 12.7 Å². The van der Waals surface area contributed by atoms with Crippen LogP contribution in [0.4, 0.5) is 23.2 Å². The highest BCUT2D eigenvalue weighted by atomic mass is 79.9. The van der Waals surface area contributed by atoms with E-state index in [2.05, 4.69) is 4.99 Å². The summed E-state index contributed by atoms with van der Waals surface area (Å²) in [5.74, 6) is 0.926. The summed E-state index contributed by atoms with van der Waals surface area (Å²) in [4.78, 5) is 5.00. The normalized spacial score (nSPS) is 13.1. The van der Waals surface area contributed by atoms with Gasteiger partial charge >= 0.3 is 6.18 Å². The van der Waals surface area contributed by atoms with Crippen LogP contribution in [0.15, 0.2) is 77.1 Å². The van der Waals surface area contributed by atoms with Crippen LogP contribution in [0, 0.1) is 5.82 Å². The summed E-state index contributed by atoms with van der Waals surface area (Å²) in [7, 11) is 0. The van der Waals surface area contributed by atoms with Crippen LogP contribution in [0.5, 0.6) is 11.5 Å². The largest absolute Gasteiger partial charge is 0.454 e. The van der Waals surface area contributed by atoms with E-state index in [0.717, 1.165) is 29.0 Å². The van der Waals surface area contributed by atoms with Gasteiger partial charge in [0.25, 0.3) is 0 Å². The predicted molar refractivity (Wildman–Crippen MR) is 126 cm³/mol. The second kappa shape index (κ2) is 9.63. The quantitative estimate of drug-likeness (QED) is 0.256. The molecule has 0 radical (unpaired) electrons. The molecule has 0 saturated heterocycles. The Morgan fingerprint density at radius 2 is 1.71 bits per heavy atom. The summed E-state index contributed by atoms with van der Waals surface area (Å²) in [5.41, 5.74) is 1.85. The van der Waals surface area contributed by atoms with Gasteiger partial charge in [-0.3, -0.25) is 0 Å². The lowest BCUT2D eigenvalue weighted by Crippen LogP contribution is -2.16. The van der Waals surface area contributed by atoms with E-state index in [0.29, 0.717) is 22.8 Å². The molecule has 1 aliphatic heterocycles. The molecular formula is C24H17BrF4N2O2S. The first-order chi connectivity index (χ1) is 15.9. The summed E-state index contributed by atoms with van der Waals surface area (Å²) in [5, 5.41) is 1.85. The number of thiazole rings is 1. The molecule has 0 fully saturated rings. The first kappa shape index (κ1) is 24.0. The number of hydrogen-bond donors (Lipinski definition) is 0. The zero-order valence-electron chi connectivity index (χ0n) is 17.4. The van der Waals surface area contributed by atoms with Gasteiger partial charge in [0.1, 0.15) is 5.82 Å². The van der Waals surface area contributed by atoms with Gasteiger partial charge in [0.2, 0.25) is 6.79 Å². The first-order valence-corrected chi connectivity index (χ1v) is 10.8. The Morgan fingerprint density at radius 1 is 0.941 bits per heavy atom. The van der Waals surface area contributed by atoms with E-state index in [1.54, 1.807) is 12.1 Å². The van der Waals surface area contributed by atoms with Crippen LogP contribution in [0.1, 0.15) is 11.1 Å². The minimum absolute atomic E-state index is 0. The molecule has 3 aromatic carbocycles. The van der Waals surface area contributed by atoms with E-state index >= 15 is 0 Å². The van der Waals surface area contributed by atoms with Crippen LogP contribution in [0.3, 0.4) is 0 Å². The molecule has 2 heterocycles. The van der Waals surface area contributed by atoms with Gasteiger partial charge in [-0.2, -0.15) is 13.2 Å². The standard InChI is InChI=1S/C24H16F4N2O2S.BrH/c25-18-7-5-16(6-8-18)20-13-33-23(29-19-3-1-2-17(11-19)24(26,27)28)30(20)12-15-4-9-21-22(10-15)32-14-31-21;/h1-11,13H,12,14H2;1H. The fourth-order valence-corrected chi connectivity index (χ4v) is 4.44. The van der Waals surface area contributed by atoms with Crippen LogP contribution in [0.2, 0.25) is 0 Å². The zero-order chi connectivity index (χ0) is 23.0. The van der Waals surface area contributed by atoms with Crippen molar-refractivity contribution < 1.29 is 27.0 Å². The summed E-state index contributed by atoms with van der Waals surface area (Å²) in [6, 6.07) is 16.5. The lowest BCUT2D eigenvalue weighted by Gasteiger charge is -2.11. The summed E-state index contributed by atoms with van der Waals surface area (Å²) in [6.07, 6.45) is -4.46. The molecule has 0 atom stereocenters. The highest BCUT2D eigenvalue weighted by molar-refractivity contribution is 8.93. The van der Waals surface area contributed by atoms with Crippen molar-refractivity contribution in [1.29, 1.82) is 0 Å². The number of hydrogen-bond acceptors (Lipinski definition) is 4. The maximum Gasteiger partial charge on any atom is 0.416 e. The summed E-state index contributed by atoms with van der Waals surface area (Å²) in [6.45, 7) is 0.534. The number of ether oxygens (including phenoxy) is 2. The number of rotatable bonds is 4. The zero-order valence-corrected chi connectivity index (χ0v) is 19.9. The third kappa shape index (κ3) is 5.02. The van der Waals surface area contributed by atoms with Crippen LogP contribution in [-0.2, 0) is 12.7 Å². The van der Waals surface area contributed by atoms with Crippen LogP contribution >= 0.6 is 28.3 Å². The average Bonchev–Trinajstić information content (AvgIpc) is 3.41. The van der Waals surface area contributed by atoms with Gasteiger partial charge in [-0.05, 0) is 65.7 Å². The molecule has 34 heavy (non-hydrogen) atoms. The first-order valence-electron chi connectivity index (χ1n) is 9.92. The van der Waals surface area contributed by atoms with Crippen LogP contribution in [0.25, 0.3) is 11.3 Å². The van der Waals surface area contributed by atoms with Gasteiger partial charge in [0, 0.05) is 5.38 Å². The Bertz CT molecular complexity index is 1380. The molecule has 1 aromatic heterocycles. The molecule has 4 aromatic rings. The molecular weight excluding hydrogens is 536 g/mol. The molecule has 0 spiro atoms. The summed E-state index contributed by atoms with van der Waals surface area (Å²) >= 11 is 1.29. The van der Waals surface area contributed by atoms with Crippen molar-refractivity contribution in [2.75, 3.05) is 6.79 Å². The minimum Gasteiger partial charge on any atom is -0.454 e.